The van der Waals surface area contributed by atoms with Crippen LogP contribution < -0.4 is 10.5 Å². The van der Waals surface area contributed by atoms with Crippen molar-refractivity contribution < 1.29 is 18.0 Å². The van der Waals surface area contributed by atoms with Gasteiger partial charge in [0.25, 0.3) is 0 Å². The van der Waals surface area contributed by atoms with E-state index in [1.54, 1.807) is 0 Å². The van der Waals surface area contributed by atoms with Crippen LogP contribution in [0, 0.1) is 10.8 Å². The average molecular weight is 415 g/mol. The van der Waals surface area contributed by atoms with E-state index in [1.165, 1.54) is 44.9 Å². The summed E-state index contributed by atoms with van der Waals surface area (Å²) >= 11 is 0. The minimum Gasteiger partial charge on any atom is -0.369 e. The Hall–Kier alpha value is -1.11. The largest absolute Gasteiger partial charge is 0.369 e. The topological polar surface area (TPSA) is 106 Å². The SMILES string of the molecule is CS(=O)(=O)NC(=O)C1(CCCCCCCCCCCCC2(C(N)=O)CC2)CC1. The molecule has 0 saturated heterocycles. The van der Waals surface area contributed by atoms with E-state index >= 15 is 0 Å². The first-order chi connectivity index (χ1) is 13.2. The molecule has 2 saturated carbocycles. The Balaban J connectivity index is 1.38. The molecule has 0 heterocycles. The highest BCUT2D eigenvalue weighted by Gasteiger charge is 2.49. The Labute approximate surface area is 170 Å². The third kappa shape index (κ3) is 7.72. The van der Waals surface area contributed by atoms with E-state index < -0.39 is 15.4 Å². The van der Waals surface area contributed by atoms with Crippen molar-refractivity contribution >= 4 is 21.8 Å². The summed E-state index contributed by atoms with van der Waals surface area (Å²) in [6.07, 6.45) is 18.3. The molecule has 2 amide bonds. The monoisotopic (exact) mass is 414 g/mol. The summed E-state index contributed by atoms with van der Waals surface area (Å²) in [5, 5.41) is 0. The van der Waals surface area contributed by atoms with Crippen LogP contribution in [0.3, 0.4) is 0 Å². The normalized spacial score (nSPS) is 19.2. The van der Waals surface area contributed by atoms with Crippen molar-refractivity contribution in [1.82, 2.24) is 4.72 Å². The number of nitrogens with one attached hydrogen (secondary N) is 1. The summed E-state index contributed by atoms with van der Waals surface area (Å²) < 4.78 is 24.5. The predicted octanol–water partition coefficient (Wildman–Crippen LogP) is 3.79. The Morgan fingerprint density at radius 2 is 1.11 bits per heavy atom. The van der Waals surface area contributed by atoms with Crippen LogP contribution in [0.4, 0.5) is 0 Å². The lowest BCUT2D eigenvalue weighted by Gasteiger charge is -2.14. The van der Waals surface area contributed by atoms with Gasteiger partial charge >= 0.3 is 0 Å². The van der Waals surface area contributed by atoms with Gasteiger partial charge in [-0.3, -0.25) is 14.3 Å². The Bertz CT molecular complexity index is 637. The molecule has 3 N–H and O–H groups in total. The van der Waals surface area contributed by atoms with Crippen molar-refractivity contribution in [1.29, 1.82) is 0 Å². The first-order valence-corrected chi connectivity index (χ1v) is 12.9. The van der Waals surface area contributed by atoms with Crippen LogP contribution in [-0.2, 0) is 19.6 Å². The molecule has 162 valence electrons. The van der Waals surface area contributed by atoms with Crippen molar-refractivity contribution in [3.8, 4) is 0 Å². The zero-order valence-electron chi connectivity index (χ0n) is 17.4. The molecule has 0 unspecified atom stereocenters. The first-order valence-electron chi connectivity index (χ1n) is 11.0. The number of unbranched alkanes of at least 4 members (excludes halogenated alkanes) is 9. The molecule has 0 aromatic rings. The summed E-state index contributed by atoms with van der Waals surface area (Å²) in [6, 6.07) is 0. The molecular formula is C21H38N2O4S. The van der Waals surface area contributed by atoms with E-state index in [0.717, 1.165) is 64.0 Å². The summed E-state index contributed by atoms with van der Waals surface area (Å²) in [5.41, 5.74) is 4.91. The van der Waals surface area contributed by atoms with Gasteiger partial charge in [-0.15, -0.1) is 0 Å². The number of carbonyl (C=O) groups excluding carboxylic acids is 2. The van der Waals surface area contributed by atoms with Crippen LogP contribution >= 0.6 is 0 Å². The molecule has 0 aromatic carbocycles. The van der Waals surface area contributed by atoms with Gasteiger partial charge in [-0.2, -0.15) is 0 Å². The van der Waals surface area contributed by atoms with Crippen LogP contribution in [0.15, 0.2) is 0 Å². The van der Waals surface area contributed by atoms with Crippen molar-refractivity contribution in [2.75, 3.05) is 6.26 Å². The van der Waals surface area contributed by atoms with Crippen LogP contribution in [-0.4, -0.2) is 26.5 Å². The molecule has 0 aliphatic heterocycles. The molecule has 2 rings (SSSR count). The van der Waals surface area contributed by atoms with Crippen molar-refractivity contribution in [2.24, 2.45) is 16.6 Å². The number of carbonyl (C=O) groups is 2. The van der Waals surface area contributed by atoms with Gasteiger partial charge in [-0.1, -0.05) is 64.2 Å². The van der Waals surface area contributed by atoms with Crippen LogP contribution in [0.1, 0.15) is 103 Å². The molecule has 0 radical (unpaired) electrons. The smallest absolute Gasteiger partial charge is 0.239 e. The lowest BCUT2D eigenvalue weighted by atomic mass is 9.96. The maximum atomic E-state index is 12.0. The van der Waals surface area contributed by atoms with Crippen molar-refractivity contribution in [3.63, 3.8) is 0 Å². The first kappa shape index (κ1) is 23.2. The highest BCUT2D eigenvalue weighted by Crippen LogP contribution is 2.50. The van der Waals surface area contributed by atoms with Crippen LogP contribution in [0.25, 0.3) is 0 Å². The average Bonchev–Trinajstić information content (AvgIpc) is 3.50. The fourth-order valence-electron chi connectivity index (χ4n) is 4.13. The number of primary amides is 1. The fourth-order valence-corrected chi connectivity index (χ4v) is 4.68. The van der Waals surface area contributed by atoms with Gasteiger partial charge in [0.1, 0.15) is 0 Å². The molecule has 0 spiro atoms. The van der Waals surface area contributed by atoms with E-state index in [4.69, 9.17) is 5.73 Å². The number of amides is 2. The van der Waals surface area contributed by atoms with E-state index in [2.05, 4.69) is 4.72 Å². The Morgan fingerprint density at radius 3 is 1.43 bits per heavy atom. The van der Waals surface area contributed by atoms with Gasteiger partial charge in [0.05, 0.1) is 11.7 Å². The molecular weight excluding hydrogens is 376 g/mol. The minimum atomic E-state index is -3.45. The molecule has 0 atom stereocenters. The number of sulfonamides is 1. The van der Waals surface area contributed by atoms with E-state index in [1.807, 2.05) is 0 Å². The predicted molar refractivity (Wildman–Crippen MR) is 111 cm³/mol. The van der Waals surface area contributed by atoms with Gasteiger partial charge in [0.2, 0.25) is 21.8 Å². The lowest BCUT2D eigenvalue weighted by Crippen LogP contribution is -2.36. The molecule has 0 bridgehead atoms. The summed E-state index contributed by atoms with van der Waals surface area (Å²) in [4.78, 5) is 23.4. The number of nitrogens with two attached hydrogens (primary N) is 1. The highest BCUT2D eigenvalue weighted by molar-refractivity contribution is 7.89. The van der Waals surface area contributed by atoms with Gasteiger partial charge in [0, 0.05) is 5.41 Å². The summed E-state index contributed by atoms with van der Waals surface area (Å²) in [7, 11) is -3.45. The maximum absolute atomic E-state index is 12.0. The Morgan fingerprint density at radius 1 is 0.750 bits per heavy atom. The molecule has 2 fully saturated rings. The second-order valence-electron chi connectivity index (χ2n) is 9.16. The van der Waals surface area contributed by atoms with Crippen LogP contribution in [0.2, 0.25) is 0 Å². The second-order valence-corrected chi connectivity index (χ2v) is 10.9. The minimum absolute atomic E-state index is 0.101. The van der Waals surface area contributed by atoms with Crippen molar-refractivity contribution in [3.05, 3.63) is 0 Å². The summed E-state index contributed by atoms with van der Waals surface area (Å²) in [5.74, 6) is -0.408. The van der Waals surface area contributed by atoms with Gasteiger partial charge in [-0.05, 0) is 38.5 Å². The third-order valence-electron chi connectivity index (χ3n) is 6.55. The molecule has 6 nitrogen and oxygen atoms in total. The fraction of sp³-hybridized carbons (Fsp3) is 0.905. The van der Waals surface area contributed by atoms with Crippen LogP contribution in [0.5, 0.6) is 0 Å². The van der Waals surface area contributed by atoms with Crippen molar-refractivity contribution in [2.45, 2.75) is 103 Å². The quantitative estimate of drug-likeness (QED) is 0.375. The Kier molecular flexibility index (Phi) is 8.34. The van der Waals surface area contributed by atoms with E-state index in [0.29, 0.717) is 0 Å². The third-order valence-corrected chi connectivity index (χ3v) is 7.11. The highest BCUT2D eigenvalue weighted by atomic mass is 32.2. The van der Waals surface area contributed by atoms with Gasteiger partial charge < -0.3 is 5.73 Å². The molecule has 7 heteroatoms. The summed E-state index contributed by atoms with van der Waals surface area (Å²) in [6.45, 7) is 0. The van der Waals surface area contributed by atoms with E-state index in [9.17, 15) is 18.0 Å². The lowest BCUT2D eigenvalue weighted by molar-refractivity contribution is -0.125. The molecule has 2 aliphatic rings. The molecule has 2 aliphatic carbocycles. The van der Waals surface area contributed by atoms with E-state index in [-0.39, 0.29) is 17.2 Å². The maximum Gasteiger partial charge on any atom is 0.239 e. The standard InChI is InChI=1S/C21H38N2O4S/c1-28(26,27)23-19(25)21(16-17-21)13-11-9-7-5-3-2-4-6-8-10-12-20(14-15-20)18(22)24/h2-17H2,1H3,(H2,22,24)(H,23,25). The number of hydrogen-bond donors (Lipinski definition) is 2. The molecule has 28 heavy (non-hydrogen) atoms. The zero-order chi connectivity index (χ0) is 20.7. The number of hydrogen-bond acceptors (Lipinski definition) is 4. The number of rotatable bonds is 16. The van der Waals surface area contributed by atoms with Gasteiger partial charge in [0.15, 0.2) is 0 Å². The zero-order valence-corrected chi connectivity index (χ0v) is 18.2. The second kappa shape index (κ2) is 10.1. The molecule has 0 aromatic heterocycles. The van der Waals surface area contributed by atoms with Gasteiger partial charge in [-0.25, -0.2) is 8.42 Å².